The fourth-order valence-electron chi connectivity index (χ4n) is 1.29. The van der Waals surface area contributed by atoms with E-state index in [1.54, 1.807) is 24.8 Å². The summed E-state index contributed by atoms with van der Waals surface area (Å²) in [6.45, 7) is 0. The number of rotatable bonds is 4. The third-order valence-corrected chi connectivity index (χ3v) is 3.74. The zero-order valence-electron chi connectivity index (χ0n) is 10.5. The van der Waals surface area contributed by atoms with Gasteiger partial charge in [-0.25, -0.2) is 0 Å². The maximum absolute atomic E-state index is 11.8. The van der Waals surface area contributed by atoms with Crippen molar-refractivity contribution in [3.8, 4) is 10.6 Å². The number of carbonyl (C=O) groups excluding carboxylic acids is 1. The quantitative estimate of drug-likeness (QED) is 0.810. The Labute approximate surface area is 119 Å². The van der Waals surface area contributed by atoms with Crippen molar-refractivity contribution in [2.75, 3.05) is 18.2 Å². The van der Waals surface area contributed by atoms with Crippen LogP contribution in [0.3, 0.4) is 0 Å². The summed E-state index contributed by atoms with van der Waals surface area (Å²) < 4.78 is 0. The molecule has 5 nitrogen and oxygen atoms in total. The van der Waals surface area contributed by atoms with E-state index in [9.17, 15) is 4.79 Å². The summed E-state index contributed by atoms with van der Waals surface area (Å²) in [5.41, 5.74) is 0.895. The maximum Gasteiger partial charge on any atom is 0.253 e. The van der Waals surface area contributed by atoms with Crippen LogP contribution in [-0.4, -0.2) is 34.4 Å². The first-order valence-corrected chi connectivity index (χ1v) is 7.53. The van der Waals surface area contributed by atoms with Crippen molar-refractivity contribution in [1.82, 2.24) is 15.2 Å². The van der Waals surface area contributed by atoms with Gasteiger partial charge in [-0.05, 0) is 23.8 Å². The zero-order valence-corrected chi connectivity index (χ0v) is 12.1. The fourth-order valence-corrected chi connectivity index (χ4v) is 2.34. The van der Waals surface area contributed by atoms with Gasteiger partial charge in [0.1, 0.15) is 0 Å². The number of anilines is 1. The van der Waals surface area contributed by atoms with Crippen molar-refractivity contribution in [2.24, 2.45) is 0 Å². The highest BCUT2D eigenvalue weighted by Crippen LogP contribution is 2.27. The third-order valence-electron chi connectivity index (χ3n) is 2.29. The molecule has 0 atom stereocenters. The second kappa shape index (κ2) is 6.44. The second-order valence-electron chi connectivity index (χ2n) is 3.57. The molecule has 0 N–H and O–H groups in total. The normalized spacial score (nSPS) is 10.8. The van der Waals surface area contributed by atoms with Gasteiger partial charge in [-0.3, -0.25) is 14.7 Å². The molecule has 0 saturated carbocycles. The Bertz CT molecular complexity index is 582. The lowest BCUT2D eigenvalue weighted by molar-refractivity contribution is -0.113. The van der Waals surface area contributed by atoms with Crippen molar-refractivity contribution >= 4 is 34.1 Å². The first-order valence-electron chi connectivity index (χ1n) is 5.43. The molecule has 0 aliphatic carbocycles. The van der Waals surface area contributed by atoms with Gasteiger partial charge in [-0.2, -0.15) is 0 Å². The van der Waals surface area contributed by atoms with E-state index in [2.05, 4.69) is 15.2 Å². The smallest absolute Gasteiger partial charge is 0.253 e. The van der Waals surface area contributed by atoms with Crippen LogP contribution in [0.4, 0.5) is 5.13 Å². The molecule has 0 saturated heterocycles. The molecule has 0 spiro atoms. The highest BCUT2D eigenvalue weighted by atomic mass is 32.2. The minimum absolute atomic E-state index is 0.122. The van der Waals surface area contributed by atoms with Gasteiger partial charge >= 0.3 is 0 Å². The molecule has 19 heavy (non-hydrogen) atoms. The maximum atomic E-state index is 11.8. The molecule has 0 unspecified atom stereocenters. The Balaban J connectivity index is 2.17. The molecule has 0 aliphatic rings. The van der Waals surface area contributed by atoms with Crippen LogP contribution in [0.2, 0.25) is 0 Å². The summed E-state index contributed by atoms with van der Waals surface area (Å²) in [6.07, 6.45) is 6.83. The molecule has 2 aromatic rings. The first kappa shape index (κ1) is 13.7. The Morgan fingerprint density at radius 3 is 3.00 bits per heavy atom. The molecule has 2 heterocycles. The summed E-state index contributed by atoms with van der Waals surface area (Å²) in [7, 11) is 1.68. The van der Waals surface area contributed by atoms with Gasteiger partial charge < -0.3 is 0 Å². The number of aromatic nitrogens is 3. The molecule has 1 amide bonds. The van der Waals surface area contributed by atoms with Crippen molar-refractivity contribution < 1.29 is 4.79 Å². The third kappa shape index (κ3) is 3.39. The van der Waals surface area contributed by atoms with Gasteiger partial charge in [0.2, 0.25) is 5.13 Å². The number of nitrogens with zero attached hydrogens (tertiary/aromatic N) is 4. The molecule has 98 valence electrons. The number of hydrogen-bond donors (Lipinski definition) is 0. The number of pyridine rings is 1. The Morgan fingerprint density at radius 2 is 2.32 bits per heavy atom. The average molecular weight is 292 g/mol. The average Bonchev–Trinajstić information content (AvgIpc) is 2.94. The SMILES string of the molecule is CS/C=C/C(=O)N(C)c1nnc(-c2cccnc2)s1. The molecule has 0 radical (unpaired) electrons. The van der Waals surface area contributed by atoms with Gasteiger partial charge in [0.15, 0.2) is 5.01 Å². The monoisotopic (exact) mass is 292 g/mol. The Morgan fingerprint density at radius 1 is 1.47 bits per heavy atom. The number of hydrogen-bond acceptors (Lipinski definition) is 6. The first-order chi connectivity index (χ1) is 9.22. The molecule has 2 aromatic heterocycles. The van der Waals surface area contributed by atoms with Crippen molar-refractivity contribution in [2.45, 2.75) is 0 Å². The number of likely N-dealkylation sites (N-methyl/N-ethyl adjacent to an activating group) is 1. The molecule has 2 rings (SSSR count). The lowest BCUT2D eigenvalue weighted by Gasteiger charge is -2.09. The van der Waals surface area contributed by atoms with Crippen molar-refractivity contribution in [3.05, 3.63) is 36.0 Å². The van der Waals surface area contributed by atoms with E-state index in [-0.39, 0.29) is 5.91 Å². The van der Waals surface area contributed by atoms with E-state index >= 15 is 0 Å². The van der Waals surface area contributed by atoms with E-state index in [1.165, 1.54) is 34.1 Å². The van der Waals surface area contributed by atoms with E-state index in [4.69, 9.17) is 0 Å². The number of amides is 1. The zero-order chi connectivity index (χ0) is 13.7. The number of carbonyl (C=O) groups is 1. The molecular weight excluding hydrogens is 280 g/mol. The van der Waals surface area contributed by atoms with Crippen molar-refractivity contribution in [3.63, 3.8) is 0 Å². The van der Waals surface area contributed by atoms with Gasteiger partial charge in [0.05, 0.1) is 0 Å². The van der Waals surface area contributed by atoms with Crippen LogP contribution in [0.25, 0.3) is 10.6 Å². The van der Waals surface area contributed by atoms with E-state index < -0.39 is 0 Å². The van der Waals surface area contributed by atoms with Crippen LogP contribution in [-0.2, 0) is 4.79 Å². The standard InChI is InChI=1S/C12H12N4OS2/c1-16(10(17)5-7-18-2)12-15-14-11(19-12)9-4-3-6-13-8-9/h3-8H,1-2H3/b7-5+. The van der Waals surface area contributed by atoms with E-state index in [0.29, 0.717) is 5.13 Å². The molecular formula is C12H12N4OS2. The predicted molar refractivity (Wildman–Crippen MR) is 79.2 cm³/mol. The van der Waals surface area contributed by atoms with Gasteiger partial charge in [-0.1, -0.05) is 11.3 Å². The van der Waals surface area contributed by atoms with Crippen molar-refractivity contribution in [1.29, 1.82) is 0 Å². The lowest BCUT2D eigenvalue weighted by Crippen LogP contribution is -2.23. The van der Waals surface area contributed by atoms with Crippen LogP contribution in [0.5, 0.6) is 0 Å². The summed E-state index contributed by atoms with van der Waals surface area (Å²) >= 11 is 2.83. The molecule has 0 bridgehead atoms. The highest BCUT2D eigenvalue weighted by Gasteiger charge is 2.14. The van der Waals surface area contributed by atoms with Crippen LogP contribution >= 0.6 is 23.1 Å². The summed E-state index contributed by atoms with van der Waals surface area (Å²) in [5.74, 6) is -0.122. The lowest BCUT2D eigenvalue weighted by atomic mass is 10.3. The van der Waals surface area contributed by atoms with Crippen LogP contribution in [0.15, 0.2) is 36.0 Å². The minimum Gasteiger partial charge on any atom is -0.286 e. The Hall–Kier alpha value is -1.73. The highest BCUT2D eigenvalue weighted by molar-refractivity contribution is 8.01. The van der Waals surface area contributed by atoms with Gasteiger partial charge in [0, 0.05) is 31.1 Å². The van der Waals surface area contributed by atoms with Crippen LogP contribution in [0.1, 0.15) is 0 Å². The molecule has 0 aromatic carbocycles. The summed E-state index contributed by atoms with van der Waals surface area (Å²) in [6, 6.07) is 3.75. The number of thioether (sulfide) groups is 1. The molecule has 0 aliphatic heterocycles. The largest absolute Gasteiger partial charge is 0.286 e. The van der Waals surface area contributed by atoms with Gasteiger partial charge in [0.25, 0.3) is 5.91 Å². The second-order valence-corrected chi connectivity index (χ2v) is 5.27. The van der Waals surface area contributed by atoms with E-state index in [1.807, 2.05) is 18.4 Å². The predicted octanol–water partition coefficient (Wildman–Crippen LogP) is 2.44. The summed E-state index contributed by atoms with van der Waals surface area (Å²) in [5, 5.41) is 11.2. The van der Waals surface area contributed by atoms with Crippen LogP contribution in [0, 0.1) is 0 Å². The fraction of sp³-hybridized carbons (Fsp3) is 0.167. The minimum atomic E-state index is -0.122. The summed E-state index contributed by atoms with van der Waals surface area (Å²) in [4.78, 5) is 17.3. The van der Waals surface area contributed by atoms with Crippen LogP contribution < -0.4 is 4.90 Å². The van der Waals surface area contributed by atoms with E-state index in [0.717, 1.165) is 10.6 Å². The molecule has 7 heteroatoms. The topological polar surface area (TPSA) is 59.0 Å². The van der Waals surface area contributed by atoms with Gasteiger partial charge in [-0.15, -0.1) is 22.0 Å². The molecule has 0 fully saturated rings. The Kier molecular flexibility index (Phi) is 4.64.